The monoisotopic (exact) mass is 371 g/mol. The minimum absolute atomic E-state index is 0.206. The lowest BCUT2D eigenvalue weighted by atomic mass is 10.2. The summed E-state index contributed by atoms with van der Waals surface area (Å²) in [5.74, 6) is 0.773. The lowest BCUT2D eigenvalue weighted by Crippen LogP contribution is -2.28. The Morgan fingerprint density at radius 2 is 1.63 bits per heavy atom. The largest absolute Gasteiger partial charge is 0.497 e. The van der Waals surface area contributed by atoms with Crippen LogP contribution >= 0.6 is 0 Å². The van der Waals surface area contributed by atoms with Crippen molar-refractivity contribution < 1.29 is 23.8 Å². The molecule has 0 atom stereocenters. The Kier molecular flexibility index (Phi) is 8.16. The molecular formula is C21H25NO5. The van der Waals surface area contributed by atoms with Crippen LogP contribution in [0.3, 0.4) is 0 Å². The van der Waals surface area contributed by atoms with E-state index in [0.29, 0.717) is 19.6 Å². The molecule has 144 valence electrons. The molecule has 27 heavy (non-hydrogen) atoms. The Bertz CT molecular complexity index is 725. The van der Waals surface area contributed by atoms with Crippen molar-refractivity contribution in [2.45, 2.75) is 26.3 Å². The summed E-state index contributed by atoms with van der Waals surface area (Å²) in [6.07, 6.45) is 0.734. The summed E-state index contributed by atoms with van der Waals surface area (Å²) in [6.45, 7) is 2.51. The fraction of sp³-hybridized carbons (Fsp3) is 0.333. The number of esters is 1. The molecule has 0 saturated heterocycles. The highest BCUT2D eigenvalue weighted by atomic mass is 16.5. The fourth-order valence-corrected chi connectivity index (χ4v) is 2.25. The van der Waals surface area contributed by atoms with Gasteiger partial charge in [0.05, 0.1) is 13.7 Å². The molecule has 0 aliphatic rings. The molecule has 0 heterocycles. The molecule has 0 aliphatic carbocycles. The van der Waals surface area contributed by atoms with Crippen molar-refractivity contribution in [3.63, 3.8) is 0 Å². The molecule has 0 radical (unpaired) electrons. The van der Waals surface area contributed by atoms with E-state index in [1.807, 2.05) is 55.5 Å². The number of ether oxygens (including phenoxy) is 3. The van der Waals surface area contributed by atoms with E-state index >= 15 is 0 Å². The number of aryl methyl sites for hydroxylation is 1. The Balaban J connectivity index is 1.56. The van der Waals surface area contributed by atoms with E-state index in [9.17, 15) is 9.59 Å². The first-order chi connectivity index (χ1) is 13.1. The highest BCUT2D eigenvalue weighted by molar-refractivity contribution is 5.80. The molecule has 0 bridgehead atoms. The molecule has 2 aromatic carbocycles. The van der Waals surface area contributed by atoms with Crippen LogP contribution in [0.2, 0.25) is 0 Å². The summed E-state index contributed by atoms with van der Waals surface area (Å²) in [5.41, 5.74) is 2.10. The zero-order chi connectivity index (χ0) is 19.5. The first-order valence-electron chi connectivity index (χ1n) is 8.81. The highest BCUT2D eigenvalue weighted by Gasteiger charge is 2.08. The zero-order valence-electron chi connectivity index (χ0n) is 15.7. The Morgan fingerprint density at radius 3 is 2.30 bits per heavy atom. The number of carbonyl (C=O) groups is 2. The Hall–Kier alpha value is -3.02. The predicted octanol–water partition coefficient (Wildman–Crippen LogP) is 3.02. The topological polar surface area (TPSA) is 73.9 Å². The van der Waals surface area contributed by atoms with E-state index < -0.39 is 5.97 Å². The smallest absolute Gasteiger partial charge is 0.306 e. The van der Waals surface area contributed by atoms with Gasteiger partial charge in [-0.25, -0.2) is 0 Å². The van der Waals surface area contributed by atoms with Gasteiger partial charge in [-0.15, -0.1) is 0 Å². The molecule has 0 aromatic heterocycles. The van der Waals surface area contributed by atoms with Gasteiger partial charge in [-0.1, -0.05) is 29.8 Å². The van der Waals surface area contributed by atoms with Gasteiger partial charge in [-0.05, 0) is 43.2 Å². The maximum Gasteiger partial charge on any atom is 0.306 e. The number of methoxy groups -OCH3 is 1. The Morgan fingerprint density at radius 1 is 0.963 bits per heavy atom. The number of amides is 1. The molecule has 1 amide bonds. The molecule has 6 nitrogen and oxygen atoms in total. The van der Waals surface area contributed by atoms with Gasteiger partial charge in [0.25, 0.3) is 5.91 Å². The molecule has 2 aromatic rings. The van der Waals surface area contributed by atoms with Crippen molar-refractivity contribution >= 4 is 11.9 Å². The van der Waals surface area contributed by atoms with Crippen molar-refractivity contribution in [2.75, 3.05) is 20.3 Å². The van der Waals surface area contributed by atoms with Crippen LogP contribution in [0.4, 0.5) is 0 Å². The van der Waals surface area contributed by atoms with Crippen LogP contribution in [0.5, 0.6) is 11.5 Å². The summed E-state index contributed by atoms with van der Waals surface area (Å²) in [6, 6.07) is 15.1. The fourth-order valence-electron chi connectivity index (χ4n) is 2.25. The molecule has 0 fully saturated rings. The van der Waals surface area contributed by atoms with Crippen LogP contribution in [0.15, 0.2) is 48.5 Å². The standard InChI is InChI=1S/C21H25NO5/c1-16-5-9-19(10-6-16)26-13-3-4-21(24)27-15-20(23)22-14-17-7-11-18(25-2)12-8-17/h5-12H,3-4,13-15H2,1-2H3,(H,22,23). The molecular weight excluding hydrogens is 346 g/mol. The minimum Gasteiger partial charge on any atom is -0.497 e. The first-order valence-corrected chi connectivity index (χ1v) is 8.81. The van der Waals surface area contributed by atoms with Gasteiger partial charge in [0, 0.05) is 13.0 Å². The molecule has 6 heteroatoms. The van der Waals surface area contributed by atoms with E-state index in [-0.39, 0.29) is 18.9 Å². The number of nitrogens with one attached hydrogen (secondary N) is 1. The van der Waals surface area contributed by atoms with Gasteiger partial charge >= 0.3 is 5.97 Å². The highest BCUT2D eigenvalue weighted by Crippen LogP contribution is 2.12. The van der Waals surface area contributed by atoms with Gasteiger partial charge < -0.3 is 19.5 Å². The maximum atomic E-state index is 11.7. The van der Waals surface area contributed by atoms with Crippen molar-refractivity contribution in [2.24, 2.45) is 0 Å². The normalized spacial score (nSPS) is 10.1. The van der Waals surface area contributed by atoms with Crippen molar-refractivity contribution in [3.05, 3.63) is 59.7 Å². The average Bonchev–Trinajstić information content (AvgIpc) is 2.69. The van der Waals surface area contributed by atoms with Crippen LogP contribution in [0, 0.1) is 6.92 Å². The van der Waals surface area contributed by atoms with Crippen LogP contribution in [-0.2, 0) is 20.9 Å². The molecule has 1 N–H and O–H groups in total. The van der Waals surface area contributed by atoms with Gasteiger partial charge in [0.1, 0.15) is 11.5 Å². The number of benzene rings is 2. The maximum absolute atomic E-state index is 11.7. The van der Waals surface area contributed by atoms with E-state index in [4.69, 9.17) is 14.2 Å². The quantitative estimate of drug-likeness (QED) is 0.513. The summed E-state index contributed by atoms with van der Waals surface area (Å²) in [7, 11) is 1.60. The molecule has 0 unspecified atom stereocenters. The zero-order valence-corrected chi connectivity index (χ0v) is 15.7. The molecule has 2 rings (SSSR count). The summed E-state index contributed by atoms with van der Waals surface area (Å²) >= 11 is 0. The summed E-state index contributed by atoms with van der Waals surface area (Å²) < 4.78 is 15.6. The third kappa shape index (κ3) is 7.81. The lowest BCUT2D eigenvalue weighted by molar-refractivity contribution is -0.148. The van der Waals surface area contributed by atoms with Crippen LogP contribution in [-0.4, -0.2) is 32.2 Å². The van der Waals surface area contributed by atoms with E-state index in [0.717, 1.165) is 22.6 Å². The molecule has 0 aliphatic heterocycles. The lowest BCUT2D eigenvalue weighted by Gasteiger charge is -2.08. The molecule has 0 saturated carbocycles. The third-order valence-electron chi connectivity index (χ3n) is 3.83. The first kappa shape index (κ1) is 20.3. The van der Waals surface area contributed by atoms with Crippen molar-refractivity contribution in [1.29, 1.82) is 0 Å². The number of carbonyl (C=O) groups excluding carboxylic acids is 2. The summed E-state index contributed by atoms with van der Waals surface area (Å²) in [4.78, 5) is 23.4. The van der Waals surface area contributed by atoms with Gasteiger partial charge in [0.2, 0.25) is 0 Å². The van der Waals surface area contributed by atoms with Crippen LogP contribution in [0.25, 0.3) is 0 Å². The van der Waals surface area contributed by atoms with Gasteiger partial charge in [-0.3, -0.25) is 9.59 Å². The van der Waals surface area contributed by atoms with Gasteiger partial charge in [-0.2, -0.15) is 0 Å². The molecule has 0 spiro atoms. The number of hydrogen-bond donors (Lipinski definition) is 1. The van der Waals surface area contributed by atoms with E-state index in [1.165, 1.54) is 0 Å². The van der Waals surface area contributed by atoms with Crippen LogP contribution in [0.1, 0.15) is 24.0 Å². The second-order valence-electron chi connectivity index (χ2n) is 6.05. The SMILES string of the molecule is COc1ccc(CNC(=O)COC(=O)CCCOc2ccc(C)cc2)cc1. The van der Waals surface area contributed by atoms with Crippen molar-refractivity contribution in [3.8, 4) is 11.5 Å². The van der Waals surface area contributed by atoms with E-state index in [2.05, 4.69) is 5.32 Å². The van der Waals surface area contributed by atoms with Crippen molar-refractivity contribution in [1.82, 2.24) is 5.32 Å². The minimum atomic E-state index is -0.415. The van der Waals surface area contributed by atoms with Gasteiger partial charge in [0.15, 0.2) is 6.61 Å². The second-order valence-corrected chi connectivity index (χ2v) is 6.05. The third-order valence-corrected chi connectivity index (χ3v) is 3.83. The number of hydrogen-bond acceptors (Lipinski definition) is 5. The number of rotatable bonds is 10. The predicted molar refractivity (Wildman–Crippen MR) is 102 cm³/mol. The van der Waals surface area contributed by atoms with E-state index in [1.54, 1.807) is 7.11 Å². The van der Waals surface area contributed by atoms with Crippen LogP contribution < -0.4 is 14.8 Å². The Labute approximate surface area is 159 Å². The average molecular weight is 371 g/mol. The summed E-state index contributed by atoms with van der Waals surface area (Å²) in [5, 5.41) is 2.70. The second kappa shape index (κ2) is 10.9.